The highest BCUT2D eigenvalue weighted by atomic mass is 16.5. The Morgan fingerprint density at radius 2 is 2.13 bits per heavy atom. The molecule has 0 bridgehead atoms. The lowest BCUT2D eigenvalue weighted by molar-refractivity contribution is 0.145. The second-order valence-electron chi connectivity index (χ2n) is 5.87. The molecule has 1 aliphatic rings. The maximum absolute atomic E-state index is 5.34. The third kappa shape index (κ3) is 6.10. The maximum atomic E-state index is 5.34. The van der Waals surface area contributed by atoms with Crippen molar-refractivity contribution in [2.24, 2.45) is 10.9 Å². The lowest BCUT2D eigenvalue weighted by atomic mass is 10.1. The van der Waals surface area contributed by atoms with Crippen LogP contribution >= 0.6 is 0 Å². The van der Waals surface area contributed by atoms with Gasteiger partial charge < -0.3 is 20.3 Å². The number of benzene rings is 1. The summed E-state index contributed by atoms with van der Waals surface area (Å²) in [5.41, 5.74) is 1.33. The van der Waals surface area contributed by atoms with E-state index in [1.54, 1.807) is 0 Å². The summed E-state index contributed by atoms with van der Waals surface area (Å²) in [6.07, 6.45) is 2.23. The summed E-state index contributed by atoms with van der Waals surface area (Å²) in [6.45, 7) is 7.71. The number of anilines is 1. The first kappa shape index (κ1) is 17.6. The van der Waals surface area contributed by atoms with Crippen molar-refractivity contribution in [2.75, 3.05) is 51.3 Å². The number of hydrogen-bond acceptors (Lipinski definition) is 3. The van der Waals surface area contributed by atoms with Gasteiger partial charge in [-0.25, -0.2) is 0 Å². The van der Waals surface area contributed by atoms with Gasteiger partial charge in [-0.05, 0) is 37.8 Å². The molecular formula is C18H30N4O. The van der Waals surface area contributed by atoms with Crippen molar-refractivity contribution < 1.29 is 4.74 Å². The van der Waals surface area contributed by atoms with Gasteiger partial charge in [0, 0.05) is 52.1 Å². The summed E-state index contributed by atoms with van der Waals surface area (Å²) in [5.74, 6) is 1.55. The third-order valence-corrected chi connectivity index (χ3v) is 4.15. The SMILES string of the molecule is CCOCCCNC(=NC)NCC1CCN(c2ccccc2)C1. The van der Waals surface area contributed by atoms with Crippen LogP contribution in [0.3, 0.4) is 0 Å². The number of guanidine groups is 1. The molecular weight excluding hydrogens is 288 g/mol. The molecule has 0 aliphatic carbocycles. The number of para-hydroxylation sites is 1. The van der Waals surface area contributed by atoms with Crippen molar-refractivity contribution >= 4 is 11.6 Å². The Kier molecular flexibility index (Phi) is 7.73. The molecule has 0 aromatic heterocycles. The average Bonchev–Trinajstić information content (AvgIpc) is 3.07. The summed E-state index contributed by atoms with van der Waals surface area (Å²) in [6, 6.07) is 10.7. The van der Waals surface area contributed by atoms with Crippen molar-refractivity contribution in [2.45, 2.75) is 19.8 Å². The minimum absolute atomic E-state index is 0.664. The Morgan fingerprint density at radius 1 is 1.30 bits per heavy atom. The van der Waals surface area contributed by atoms with Crippen molar-refractivity contribution in [1.82, 2.24) is 10.6 Å². The molecule has 1 aliphatic heterocycles. The second kappa shape index (κ2) is 10.1. The first-order valence-corrected chi connectivity index (χ1v) is 8.65. The van der Waals surface area contributed by atoms with Gasteiger partial charge in [-0.1, -0.05) is 18.2 Å². The predicted molar refractivity (Wildman–Crippen MR) is 97.2 cm³/mol. The Labute approximate surface area is 140 Å². The van der Waals surface area contributed by atoms with Gasteiger partial charge >= 0.3 is 0 Å². The van der Waals surface area contributed by atoms with E-state index < -0.39 is 0 Å². The van der Waals surface area contributed by atoms with Crippen molar-refractivity contribution in [1.29, 1.82) is 0 Å². The molecule has 2 N–H and O–H groups in total. The quantitative estimate of drug-likeness (QED) is 0.438. The van der Waals surface area contributed by atoms with Crippen molar-refractivity contribution in [3.05, 3.63) is 30.3 Å². The van der Waals surface area contributed by atoms with Gasteiger partial charge in [0.1, 0.15) is 0 Å². The van der Waals surface area contributed by atoms with Crippen LogP contribution in [0, 0.1) is 5.92 Å². The standard InChI is InChI=1S/C18H30N4O/c1-3-23-13-7-11-20-18(19-2)21-14-16-10-12-22(15-16)17-8-5-4-6-9-17/h4-6,8-9,16H,3,7,10-15H2,1-2H3,(H2,19,20,21). The number of hydrogen-bond donors (Lipinski definition) is 2. The number of ether oxygens (including phenoxy) is 1. The summed E-state index contributed by atoms with van der Waals surface area (Å²) in [7, 11) is 1.82. The average molecular weight is 318 g/mol. The number of aliphatic imine (C=N–C) groups is 1. The molecule has 2 rings (SSSR count). The van der Waals surface area contributed by atoms with E-state index in [9.17, 15) is 0 Å². The maximum Gasteiger partial charge on any atom is 0.190 e. The van der Waals surface area contributed by atoms with E-state index >= 15 is 0 Å². The summed E-state index contributed by atoms with van der Waals surface area (Å²) >= 11 is 0. The van der Waals surface area contributed by atoms with Crippen LogP contribution < -0.4 is 15.5 Å². The van der Waals surface area contributed by atoms with Crippen LogP contribution in [-0.4, -0.2) is 52.4 Å². The molecule has 1 aromatic rings. The van der Waals surface area contributed by atoms with Gasteiger partial charge in [0.05, 0.1) is 0 Å². The number of nitrogens with zero attached hydrogens (tertiary/aromatic N) is 2. The molecule has 1 aromatic carbocycles. The van der Waals surface area contributed by atoms with Gasteiger partial charge in [-0.3, -0.25) is 4.99 Å². The first-order chi connectivity index (χ1) is 11.3. The summed E-state index contributed by atoms with van der Waals surface area (Å²) in [5, 5.41) is 6.79. The van der Waals surface area contributed by atoms with Gasteiger partial charge in [0.2, 0.25) is 0 Å². The highest BCUT2D eigenvalue weighted by molar-refractivity contribution is 5.79. The topological polar surface area (TPSA) is 48.9 Å². The summed E-state index contributed by atoms with van der Waals surface area (Å²) < 4.78 is 5.34. The predicted octanol–water partition coefficient (Wildman–Crippen LogP) is 2.10. The lowest BCUT2D eigenvalue weighted by Gasteiger charge is -2.19. The van der Waals surface area contributed by atoms with Gasteiger partial charge in [0.25, 0.3) is 0 Å². The minimum atomic E-state index is 0.664. The van der Waals surface area contributed by atoms with Crippen molar-refractivity contribution in [3.63, 3.8) is 0 Å². The fourth-order valence-corrected chi connectivity index (χ4v) is 2.86. The molecule has 1 unspecified atom stereocenters. The van der Waals surface area contributed by atoms with Crippen LogP contribution in [0.2, 0.25) is 0 Å². The second-order valence-corrected chi connectivity index (χ2v) is 5.87. The molecule has 0 saturated carbocycles. The highest BCUT2D eigenvalue weighted by Crippen LogP contribution is 2.22. The molecule has 0 radical (unpaired) electrons. The van der Waals surface area contributed by atoms with Gasteiger partial charge in [-0.15, -0.1) is 0 Å². The van der Waals surface area contributed by atoms with E-state index in [4.69, 9.17) is 4.74 Å². The molecule has 0 spiro atoms. The zero-order chi connectivity index (χ0) is 16.3. The molecule has 5 heteroatoms. The minimum Gasteiger partial charge on any atom is -0.382 e. The number of nitrogens with one attached hydrogen (secondary N) is 2. The van der Waals surface area contributed by atoms with Crippen LogP contribution in [0.5, 0.6) is 0 Å². The Morgan fingerprint density at radius 3 is 2.87 bits per heavy atom. The van der Waals surface area contributed by atoms with E-state index in [-0.39, 0.29) is 0 Å². The fraction of sp³-hybridized carbons (Fsp3) is 0.611. The van der Waals surface area contributed by atoms with Crippen LogP contribution in [0.4, 0.5) is 5.69 Å². The normalized spacial score (nSPS) is 18.3. The van der Waals surface area contributed by atoms with Crippen LogP contribution in [0.25, 0.3) is 0 Å². The first-order valence-electron chi connectivity index (χ1n) is 8.65. The van der Waals surface area contributed by atoms with E-state index in [1.807, 2.05) is 14.0 Å². The number of rotatable bonds is 8. The zero-order valence-corrected chi connectivity index (χ0v) is 14.4. The van der Waals surface area contributed by atoms with Crippen LogP contribution in [-0.2, 0) is 4.74 Å². The third-order valence-electron chi connectivity index (χ3n) is 4.15. The smallest absolute Gasteiger partial charge is 0.190 e. The Hall–Kier alpha value is -1.75. The van der Waals surface area contributed by atoms with Crippen molar-refractivity contribution in [3.8, 4) is 0 Å². The van der Waals surface area contributed by atoms with Gasteiger partial charge in [-0.2, -0.15) is 0 Å². The molecule has 128 valence electrons. The largest absolute Gasteiger partial charge is 0.382 e. The Bertz CT molecular complexity index is 463. The van der Waals surface area contributed by atoms with E-state index in [1.165, 1.54) is 12.1 Å². The Balaban J connectivity index is 1.65. The van der Waals surface area contributed by atoms with Gasteiger partial charge in [0.15, 0.2) is 5.96 Å². The molecule has 23 heavy (non-hydrogen) atoms. The molecule has 1 fully saturated rings. The lowest BCUT2D eigenvalue weighted by Crippen LogP contribution is -2.40. The zero-order valence-electron chi connectivity index (χ0n) is 14.4. The van der Waals surface area contributed by atoms with Crippen LogP contribution in [0.1, 0.15) is 19.8 Å². The van der Waals surface area contributed by atoms with E-state index in [2.05, 4.69) is 50.9 Å². The van der Waals surface area contributed by atoms with Crippen LogP contribution in [0.15, 0.2) is 35.3 Å². The summed E-state index contributed by atoms with van der Waals surface area (Å²) in [4.78, 5) is 6.75. The highest BCUT2D eigenvalue weighted by Gasteiger charge is 2.22. The molecule has 1 atom stereocenters. The fourth-order valence-electron chi connectivity index (χ4n) is 2.86. The molecule has 1 heterocycles. The molecule has 5 nitrogen and oxygen atoms in total. The monoisotopic (exact) mass is 318 g/mol. The van der Waals surface area contributed by atoms with E-state index in [0.29, 0.717) is 5.92 Å². The van der Waals surface area contributed by atoms with E-state index in [0.717, 1.165) is 51.8 Å². The molecule has 1 saturated heterocycles. The molecule has 0 amide bonds.